The molecule has 0 amide bonds. The Morgan fingerprint density at radius 2 is 1.71 bits per heavy atom. The Bertz CT molecular complexity index is 1090. The lowest BCUT2D eigenvalue weighted by atomic mass is 9.75. The summed E-state index contributed by atoms with van der Waals surface area (Å²) in [6.07, 6.45) is 6.24. The molecular weight excluding hydrogens is 412 g/mol. The normalized spacial score (nSPS) is 18.1. The summed E-state index contributed by atoms with van der Waals surface area (Å²) in [6, 6.07) is 7.60. The van der Waals surface area contributed by atoms with Gasteiger partial charge in [0.1, 0.15) is 0 Å². The van der Waals surface area contributed by atoms with Gasteiger partial charge in [-0.05, 0) is 67.2 Å². The summed E-state index contributed by atoms with van der Waals surface area (Å²) in [4.78, 5) is 16.7. The average Bonchev–Trinajstić information content (AvgIpc) is 3.33. The molecular formula is C24H32N2O4S. The number of fused-ring (bicyclic) bond motifs is 1. The molecule has 1 fully saturated rings. The first kappa shape index (κ1) is 23.5. The number of sulfonamides is 1. The molecule has 2 aliphatic rings. The van der Waals surface area contributed by atoms with Gasteiger partial charge in [-0.2, -0.15) is 13.9 Å². The van der Waals surface area contributed by atoms with E-state index in [0.717, 1.165) is 31.2 Å². The minimum absolute atomic E-state index is 0.250. The zero-order chi connectivity index (χ0) is 22.8. The lowest BCUT2D eigenvalue weighted by molar-refractivity contribution is -0.191. The molecule has 0 spiro atoms. The summed E-state index contributed by atoms with van der Waals surface area (Å²) < 4.78 is 30.5. The maximum atomic E-state index is 13.2. The Balaban J connectivity index is 0.000000858. The van der Waals surface area contributed by atoms with Gasteiger partial charge < -0.3 is 4.57 Å². The lowest BCUT2D eigenvalue weighted by Crippen LogP contribution is -2.28. The highest BCUT2D eigenvalue weighted by atomic mass is 32.2. The number of rotatable bonds is 4. The van der Waals surface area contributed by atoms with Crippen LogP contribution in [0.4, 0.5) is 0 Å². The highest BCUT2D eigenvalue weighted by Crippen LogP contribution is 2.39. The van der Waals surface area contributed by atoms with Crippen molar-refractivity contribution in [3.05, 3.63) is 52.3 Å². The van der Waals surface area contributed by atoms with E-state index in [-0.39, 0.29) is 6.15 Å². The highest BCUT2D eigenvalue weighted by molar-refractivity contribution is 7.89. The Labute approximate surface area is 185 Å². The van der Waals surface area contributed by atoms with Crippen LogP contribution in [0.3, 0.4) is 0 Å². The topological polar surface area (TPSA) is 76.5 Å². The maximum absolute atomic E-state index is 13.2. The molecule has 0 N–H and O–H groups in total. The molecule has 2 aromatic rings. The maximum Gasteiger partial charge on any atom is 0.373 e. The van der Waals surface area contributed by atoms with Crippen LogP contribution in [0, 0.1) is 12.3 Å². The first-order chi connectivity index (χ1) is 14.6. The highest BCUT2D eigenvalue weighted by Gasteiger charge is 2.32. The van der Waals surface area contributed by atoms with Crippen molar-refractivity contribution < 1.29 is 18.0 Å². The summed E-state index contributed by atoms with van der Waals surface area (Å²) in [5.74, 6) is 0. The molecule has 7 heteroatoms. The molecule has 1 aliphatic carbocycles. The second-order valence-electron chi connectivity index (χ2n) is 9.37. The summed E-state index contributed by atoms with van der Waals surface area (Å²) in [6.45, 7) is 8.15. The largest absolute Gasteiger partial charge is 0.373 e. The molecule has 0 unspecified atom stereocenters. The van der Waals surface area contributed by atoms with Crippen LogP contribution < -0.4 is 0 Å². The van der Waals surface area contributed by atoms with Crippen LogP contribution in [0.2, 0.25) is 0 Å². The van der Waals surface area contributed by atoms with E-state index in [9.17, 15) is 8.42 Å². The van der Waals surface area contributed by atoms with Crippen molar-refractivity contribution in [1.29, 1.82) is 0 Å². The Morgan fingerprint density at radius 3 is 2.35 bits per heavy atom. The van der Waals surface area contributed by atoms with Gasteiger partial charge in [-0.1, -0.05) is 32.0 Å². The number of carbonyl (C=O) groups excluding carboxylic acids is 2. The molecule has 1 aromatic heterocycles. The van der Waals surface area contributed by atoms with Gasteiger partial charge in [0.25, 0.3) is 0 Å². The summed E-state index contributed by atoms with van der Waals surface area (Å²) in [7, 11) is -1.26. The number of nitrogens with zero attached hydrogens (tertiary/aromatic N) is 2. The first-order valence-corrected chi connectivity index (χ1v) is 12.3. The smallest absolute Gasteiger partial charge is 0.351 e. The quantitative estimate of drug-likeness (QED) is 0.721. The van der Waals surface area contributed by atoms with E-state index in [1.807, 2.05) is 18.2 Å². The SMILES string of the molecule is Cc1c(Cc2ccccc2S(=O)(=O)N2CCCC2)c2c(n1C)CCC(C)(C)C2.O=C=O. The van der Waals surface area contributed by atoms with Gasteiger partial charge in [-0.3, -0.25) is 0 Å². The van der Waals surface area contributed by atoms with E-state index in [0.29, 0.717) is 29.8 Å². The molecule has 1 aromatic carbocycles. The molecule has 1 aliphatic heterocycles. The van der Waals surface area contributed by atoms with Gasteiger partial charge in [0.2, 0.25) is 10.0 Å². The number of aromatic nitrogens is 1. The molecule has 0 saturated carbocycles. The zero-order valence-electron chi connectivity index (χ0n) is 18.9. The molecule has 4 rings (SSSR count). The van der Waals surface area contributed by atoms with Crippen LogP contribution in [0.25, 0.3) is 0 Å². The van der Waals surface area contributed by atoms with Crippen LogP contribution >= 0.6 is 0 Å². The van der Waals surface area contributed by atoms with Crippen molar-refractivity contribution in [3.63, 3.8) is 0 Å². The van der Waals surface area contributed by atoms with Crippen molar-refractivity contribution >= 4 is 16.2 Å². The number of hydrogen-bond donors (Lipinski definition) is 0. The summed E-state index contributed by atoms with van der Waals surface area (Å²) in [5.41, 5.74) is 6.72. The van der Waals surface area contributed by atoms with E-state index >= 15 is 0 Å². The first-order valence-electron chi connectivity index (χ1n) is 10.9. The number of hydrogen-bond acceptors (Lipinski definition) is 4. The summed E-state index contributed by atoms with van der Waals surface area (Å²) in [5, 5.41) is 0. The average molecular weight is 445 g/mol. The van der Waals surface area contributed by atoms with Gasteiger partial charge >= 0.3 is 6.15 Å². The fraction of sp³-hybridized carbons (Fsp3) is 0.542. The van der Waals surface area contributed by atoms with Crippen molar-refractivity contribution in [2.45, 2.75) is 64.2 Å². The van der Waals surface area contributed by atoms with Gasteiger partial charge in [0.05, 0.1) is 4.90 Å². The molecule has 168 valence electrons. The van der Waals surface area contributed by atoms with E-state index in [1.165, 1.54) is 28.9 Å². The third kappa shape index (κ3) is 4.69. The Kier molecular flexibility index (Phi) is 6.89. The molecule has 1 saturated heterocycles. The van der Waals surface area contributed by atoms with Gasteiger partial charge in [0.15, 0.2) is 0 Å². The van der Waals surface area contributed by atoms with Crippen molar-refractivity contribution in [2.75, 3.05) is 13.1 Å². The van der Waals surface area contributed by atoms with Crippen molar-refractivity contribution in [1.82, 2.24) is 8.87 Å². The number of benzene rings is 1. The van der Waals surface area contributed by atoms with Gasteiger partial charge in [-0.25, -0.2) is 8.42 Å². The molecule has 2 heterocycles. The molecule has 31 heavy (non-hydrogen) atoms. The van der Waals surface area contributed by atoms with Gasteiger partial charge in [0, 0.05) is 37.9 Å². The molecule has 6 nitrogen and oxygen atoms in total. The molecule has 0 radical (unpaired) electrons. The standard InChI is InChI=1S/C23H32N2O2S.CO2/c1-17-19(20-16-23(2,3)12-11-21(20)24(17)4)15-18-9-5-6-10-22(18)28(26,27)25-13-7-8-14-25;2-1-3/h5-6,9-10H,7-8,11-16H2,1-4H3;. The Hall–Kier alpha value is -2.21. The van der Waals surface area contributed by atoms with Crippen LogP contribution in [0.1, 0.15) is 61.2 Å². The van der Waals surface area contributed by atoms with E-state index in [1.54, 1.807) is 10.4 Å². The van der Waals surface area contributed by atoms with Crippen LogP contribution in [0.15, 0.2) is 29.2 Å². The van der Waals surface area contributed by atoms with E-state index < -0.39 is 10.0 Å². The predicted molar refractivity (Wildman–Crippen MR) is 118 cm³/mol. The second-order valence-corrected chi connectivity index (χ2v) is 11.3. The fourth-order valence-electron chi connectivity index (χ4n) is 4.95. The minimum Gasteiger partial charge on any atom is -0.351 e. The van der Waals surface area contributed by atoms with E-state index in [2.05, 4.69) is 32.4 Å². The van der Waals surface area contributed by atoms with Crippen molar-refractivity contribution in [2.24, 2.45) is 12.5 Å². The zero-order valence-corrected chi connectivity index (χ0v) is 19.7. The third-order valence-electron chi connectivity index (χ3n) is 6.77. The minimum atomic E-state index is -3.41. The van der Waals surface area contributed by atoms with Crippen LogP contribution in [0.5, 0.6) is 0 Å². The second kappa shape index (κ2) is 9.11. The molecule has 0 bridgehead atoms. The Morgan fingerprint density at radius 1 is 1.10 bits per heavy atom. The van der Waals surface area contributed by atoms with Crippen LogP contribution in [-0.2, 0) is 45.9 Å². The predicted octanol–water partition coefficient (Wildman–Crippen LogP) is 3.64. The van der Waals surface area contributed by atoms with Gasteiger partial charge in [-0.15, -0.1) is 0 Å². The lowest BCUT2D eigenvalue weighted by Gasteiger charge is -2.30. The van der Waals surface area contributed by atoms with Crippen LogP contribution in [-0.4, -0.2) is 36.5 Å². The monoisotopic (exact) mass is 444 g/mol. The van der Waals surface area contributed by atoms with Crippen molar-refractivity contribution in [3.8, 4) is 0 Å². The molecule has 0 atom stereocenters. The fourth-order valence-corrected chi connectivity index (χ4v) is 6.68. The summed E-state index contributed by atoms with van der Waals surface area (Å²) >= 11 is 0. The third-order valence-corrected chi connectivity index (χ3v) is 8.77. The van der Waals surface area contributed by atoms with E-state index in [4.69, 9.17) is 9.59 Å².